The van der Waals surface area contributed by atoms with Crippen molar-refractivity contribution in [1.82, 2.24) is 15.3 Å². The molecule has 1 aromatic heterocycles. The van der Waals surface area contributed by atoms with Gasteiger partial charge >= 0.3 is 0 Å². The highest BCUT2D eigenvalue weighted by atomic mass is 16.5. The van der Waals surface area contributed by atoms with Gasteiger partial charge in [-0.05, 0) is 43.2 Å². The molecule has 0 saturated heterocycles. The zero-order chi connectivity index (χ0) is 19.8. The van der Waals surface area contributed by atoms with Crippen molar-refractivity contribution in [2.45, 2.75) is 13.3 Å². The standard InChI is InChI=1S/C22H24N4O2/c1-3-26(18-7-5-4-6-8-18)21-15-20(24-16-25-21)22(27)23-14-13-17-9-11-19(28-2)12-10-17/h4-12,15-16H,3,13-14H2,1-2H3,(H,23,27). The van der Waals surface area contributed by atoms with Crippen LogP contribution < -0.4 is 15.0 Å². The minimum atomic E-state index is -0.207. The lowest BCUT2D eigenvalue weighted by Gasteiger charge is -2.22. The number of hydrogen-bond acceptors (Lipinski definition) is 5. The number of para-hydroxylation sites is 1. The Morgan fingerprint density at radius 2 is 1.82 bits per heavy atom. The predicted octanol–water partition coefficient (Wildman–Crippen LogP) is 3.62. The molecule has 0 fully saturated rings. The number of hydrogen-bond donors (Lipinski definition) is 1. The van der Waals surface area contributed by atoms with Gasteiger partial charge in [-0.1, -0.05) is 30.3 Å². The van der Waals surface area contributed by atoms with E-state index in [1.165, 1.54) is 6.33 Å². The Balaban J connectivity index is 1.63. The third kappa shape index (κ3) is 4.85. The average Bonchev–Trinajstić information content (AvgIpc) is 2.76. The van der Waals surface area contributed by atoms with Crippen LogP contribution >= 0.6 is 0 Å². The highest BCUT2D eigenvalue weighted by molar-refractivity contribution is 5.93. The van der Waals surface area contributed by atoms with E-state index in [0.717, 1.165) is 30.0 Å². The number of nitrogens with zero attached hydrogens (tertiary/aromatic N) is 3. The molecular formula is C22H24N4O2. The minimum absolute atomic E-state index is 0.207. The molecule has 28 heavy (non-hydrogen) atoms. The van der Waals surface area contributed by atoms with Crippen molar-refractivity contribution in [3.05, 3.63) is 78.2 Å². The first-order chi connectivity index (χ1) is 13.7. The third-order valence-electron chi connectivity index (χ3n) is 4.40. The van der Waals surface area contributed by atoms with Crippen molar-refractivity contribution in [1.29, 1.82) is 0 Å². The number of carbonyl (C=O) groups is 1. The molecule has 3 aromatic rings. The molecule has 144 valence electrons. The van der Waals surface area contributed by atoms with E-state index in [1.807, 2.05) is 66.4 Å². The fourth-order valence-electron chi connectivity index (χ4n) is 2.91. The highest BCUT2D eigenvalue weighted by Gasteiger charge is 2.13. The Morgan fingerprint density at radius 3 is 2.50 bits per heavy atom. The number of nitrogens with one attached hydrogen (secondary N) is 1. The molecule has 0 aliphatic heterocycles. The lowest BCUT2D eigenvalue weighted by molar-refractivity contribution is 0.0949. The van der Waals surface area contributed by atoms with Crippen molar-refractivity contribution in [2.75, 3.05) is 25.1 Å². The normalized spacial score (nSPS) is 10.4. The summed E-state index contributed by atoms with van der Waals surface area (Å²) < 4.78 is 5.15. The van der Waals surface area contributed by atoms with E-state index in [9.17, 15) is 4.79 Å². The molecule has 0 atom stereocenters. The van der Waals surface area contributed by atoms with Crippen LogP contribution in [-0.2, 0) is 6.42 Å². The smallest absolute Gasteiger partial charge is 0.270 e. The third-order valence-corrected chi connectivity index (χ3v) is 4.40. The first-order valence-corrected chi connectivity index (χ1v) is 9.27. The van der Waals surface area contributed by atoms with E-state index in [2.05, 4.69) is 15.3 Å². The number of rotatable bonds is 8. The molecule has 0 aliphatic rings. The molecule has 0 bridgehead atoms. The maximum atomic E-state index is 12.5. The fraction of sp³-hybridized carbons (Fsp3) is 0.227. The zero-order valence-corrected chi connectivity index (χ0v) is 16.1. The number of amides is 1. The molecule has 2 aromatic carbocycles. The van der Waals surface area contributed by atoms with Crippen LogP contribution in [0, 0.1) is 0 Å². The Bertz CT molecular complexity index is 898. The largest absolute Gasteiger partial charge is 0.497 e. The molecule has 0 aliphatic carbocycles. The van der Waals surface area contributed by atoms with E-state index >= 15 is 0 Å². The number of ether oxygens (including phenoxy) is 1. The Labute approximate surface area is 165 Å². The second-order valence-electron chi connectivity index (χ2n) is 6.20. The predicted molar refractivity (Wildman–Crippen MR) is 110 cm³/mol. The van der Waals surface area contributed by atoms with Crippen LogP contribution in [-0.4, -0.2) is 36.1 Å². The molecule has 1 heterocycles. The summed E-state index contributed by atoms with van der Waals surface area (Å²) in [6.45, 7) is 3.31. The molecular weight excluding hydrogens is 352 g/mol. The van der Waals surface area contributed by atoms with E-state index in [1.54, 1.807) is 13.2 Å². The monoisotopic (exact) mass is 376 g/mol. The quantitative estimate of drug-likeness (QED) is 0.650. The van der Waals surface area contributed by atoms with E-state index < -0.39 is 0 Å². The van der Waals surface area contributed by atoms with Gasteiger partial charge in [0.25, 0.3) is 5.91 Å². The number of carbonyl (C=O) groups excluding carboxylic acids is 1. The molecule has 3 rings (SSSR count). The second kappa shape index (κ2) is 9.50. The van der Waals surface area contributed by atoms with Crippen LogP contribution in [0.4, 0.5) is 11.5 Å². The molecule has 6 nitrogen and oxygen atoms in total. The molecule has 0 unspecified atom stereocenters. The lowest BCUT2D eigenvalue weighted by atomic mass is 10.1. The number of methoxy groups -OCH3 is 1. The molecule has 1 N–H and O–H groups in total. The van der Waals surface area contributed by atoms with Crippen LogP contribution in [0.5, 0.6) is 5.75 Å². The minimum Gasteiger partial charge on any atom is -0.497 e. The van der Waals surface area contributed by atoms with Gasteiger partial charge in [-0.2, -0.15) is 0 Å². The Hall–Kier alpha value is -3.41. The van der Waals surface area contributed by atoms with Gasteiger partial charge in [-0.15, -0.1) is 0 Å². The first kappa shape index (κ1) is 19.4. The van der Waals surface area contributed by atoms with Gasteiger partial charge in [0.15, 0.2) is 0 Å². The van der Waals surface area contributed by atoms with Gasteiger partial charge in [0.05, 0.1) is 7.11 Å². The van der Waals surface area contributed by atoms with Crippen molar-refractivity contribution < 1.29 is 9.53 Å². The van der Waals surface area contributed by atoms with E-state index in [-0.39, 0.29) is 5.91 Å². The lowest BCUT2D eigenvalue weighted by Crippen LogP contribution is -2.27. The van der Waals surface area contributed by atoms with Crippen LogP contribution in [0.3, 0.4) is 0 Å². The van der Waals surface area contributed by atoms with Gasteiger partial charge < -0.3 is 15.0 Å². The van der Waals surface area contributed by atoms with Crippen LogP contribution in [0.15, 0.2) is 67.0 Å². The van der Waals surface area contributed by atoms with Gasteiger partial charge in [0, 0.05) is 24.8 Å². The molecule has 0 spiro atoms. The number of benzene rings is 2. The Morgan fingerprint density at radius 1 is 1.07 bits per heavy atom. The topological polar surface area (TPSA) is 67.4 Å². The van der Waals surface area contributed by atoms with Crippen molar-refractivity contribution in [3.63, 3.8) is 0 Å². The summed E-state index contributed by atoms with van der Waals surface area (Å²) in [4.78, 5) is 23.0. The molecule has 6 heteroatoms. The summed E-state index contributed by atoms with van der Waals surface area (Å²) in [6, 6.07) is 19.5. The molecule has 0 saturated carbocycles. The van der Waals surface area contributed by atoms with Crippen LogP contribution in [0.2, 0.25) is 0 Å². The maximum Gasteiger partial charge on any atom is 0.270 e. The van der Waals surface area contributed by atoms with Gasteiger partial charge in [0.2, 0.25) is 0 Å². The van der Waals surface area contributed by atoms with Crippen molar-refractivity contribution in [3.8, 4) is 5.75 Å². The SMILES string of the molecule is CCN(c1ccccc1)c1cc(C(=O)NCCc2ccc(OC)cc2)ncn1. The summed E-state index contributed by atoms with van der Waals surface area (Å²) >= 11 is 0. The van der Waals surface area contributed by atoms with Crippen LogP contribution in [0.1, 0.15) is 23.0 Å². The van der Waals surface area contributed by atoms with Crippen molar-refractivity contribution >= 4 is 17.4 Å². The summed E-state index contributed by atoms with van der Waals surface area (Å²) in [6.07, 6.45) is 2.16. The summed E-state index contributed by atoms with van der Waals surface area (Å²) in [5.41, 5.74) is 2.51. The second-order valence-corrected chi connectivity index (χ2v) is 6.20. The van der Waals surface area contributed by atoms with Crippen molar-refractivity contribution in [2.24, 2.45) is 0 Å². The summed E-state index contributed by atoms with van der Waals surface area (Å²) in [7, 11) is 1.64. The zero-order valence-electron chi connectivity index (χ0n) is 16.1. The number of aromatic nitrogens is 2. The maximum absolute atomic E-state index is 12.5. The van der Waals surface area contributed by atoms with Gasteiger partial charge in [-0.25, -0.2) is 9.97 Å². The van der Waals surface area contributed by atoms with Gasteiger partial charge in [0.1, 0.15) is 23.6 Å². The average molecular weight is 376 g/mol. The number of anilines is 2. The highest BCUT2D eigenvalue weighted by Crippen LogP contribution is 2.22. The Kier molecular flexibility index (Phi) is 6.57. The fourth-order valence-corrected chi connectivity index (χ4v) is 2.91. The van der Waals surface area contributed by atoms with E-state index in [4.69, 9.17) is 4.74 Å². The summed E-state index contributed by atoms with van der Waals surface area (Å²) in [5, 5.41) is 2.92. The first-order valence-electron chi connectivity index (χ1n) is 9.27. The molecule has 0 radical (unpaired) electrons. The van der Waals surface area contributed by atoms with Crippen LogP contribution in [0.25, 0.3) is 0 Å². The van der Waals surface area contributed by atoms with Gasteiger partial charge in [-0.3, -0.25) is 4.79 Å². The van der Waals surface area contributed by atoms with E-state index in [0.29, 0.717) is 18.1 Å². The molecule has 1 amide bonds. The summed E-state index contributed by atoms with van der Waals surface area (Å²) in [5.74, 6) is 1.31.